The van der Waals surface area contributed by atoms with Crippen molar-refractivity contribution in [2.45, 2.75) is 43.9 Å². The van der Waals surface area contributed by atoms with Crippen LogP contribution in [0.1, 0.15) is 37.4 Å². The second-order valence-corrected chi connectivity index (χ2v) is 5.17. The molecule has 0 heterocycles. The fourth-order valence-electron chi connectivity index (χ4n) is 2.52. The molecule has 0 saturated heterocycles. The van der Waals surface area contributed by atoms with E-state index in [1.54, 1.807) is 7.11 Å². The summed E-state index contributed by atoms with van der Waals surface area (Å²) >= 11 is 0. The highest BCUT2D eigenvalue weighted by Crippen LogP contribution is 2.21. The molecule has 2 rings (SSSR count). The lowest BCUT2D eigenvalue weighted by atomic mass is 9.92. The van der Waals surface area contributed by atoms with Gasteiger partial charge < -0.3 is 15.2 Å². The van der Waals surface area contributed by atoms with Gasteiger partial charge in [-0.3, -0.25) is 4.79 Å². The lowest BCUT2D eigenvalue weighted by Crippen LogP contribution is -2.41. The topological polar surface area (TPSA) is 58.6 Å². The van der Waals surface area contributed by atoms with Gasteiger partial charge >= 0.3 is 0 Å². The molecule has 0 bridgehead atoms. The number of amides is 1. The van der Waals surface area contributed by atoms with Crippen LogP contribution >= 0.6 is 0 Å². The summed E-state index contributed by atoms with van der Waals surface area (Å²) in [7, 11) is 1.70. The number of hydrogen-bond donors (Lipinski definition) is 2. The van der Waals surface area contributed by atoms with Gasteiger partial charge in [-0.25, -0.2) is 4.39 Å². The Kier molecular flexibility index (Phi) is 5.09. The minimum absolute atomic E-state index is 0.0731. The van der Waals surface area contributed by atoms with E-state index in [1.165, 1.54) is 24.3 Å². The first-order valence-corrected chi connectivity index (χ1v) is 6.87. The van der Waals surface area contributed by atoms with Gasteiger partial charge in [0.15, 0.2) is 6.10 Å². The molecule has 1 atom stereocenters. The molecule has 4 nitrogen and oxygen atoms in total. The van der Waals surface area contributed by atoms with E-state index in [4.69, 9.17) is 4.74 Å². The molecule has 1 aliphatic rings. The number of aliphatic hydroxyl groups is 1. The quantitative estimate of drug-likeness (QED) is 0.886. The van der Waals surface area contributed by atoms with Crippen molar-refractivity contribution in [3.63, 3.8) is 0 Å². The van der Waals surface area contributed by atoms with Crippen LogP contribution < -0.4 is 5.32 Å². The molecule has 1 fully saturated rings. The standard InChI is InChI=1S/C15H20FNO3/c1-20-13-8-6-12(7-9-13)17-15(19)14(18)10-2-4-11(16)5-3-10/h2-5,12-14,18H,6-9H2,1H3,(H,17,19). The zero-order chi connectivity index (χ0) is 14.5. The fourth-order valence-corrected chi connectivity index (χ4v) is 2.52. The van der Waals surface area contributed by atoms with Crippen LogP contribution in [0.15, 0.2) is 24.3 Å². The van der Waals surface area contributed by atoms with Crippen LogP contribution in [0, 0.1) is 5.82 Å². The summed E-state index contributed by atoms with van der Waals surface area (Å²) in [5.41, 5.74) is 0.398. The molecule has 5 heteroatoms. The summed E-state index contributed by atoms with van der Waals surface area (Å²) < 4.78 is 18.1. The van der Waals surface area contributed by atoms with Gasteiger partial charge in [0.25, 0.3) is 5.91 Å². The molecular formula is C15H20FNO3. The monoisotopic (exact) mass is 281 g/mol. The van der Waals surface area contributed by atoms with Gasteiger partial charge in [0.2, 0.25) is 0 Å². The summed E-state index contributed by atoms with van der Waals surface area (Å²) in [6, 6.07) is 5.37. The third kappa shape index (κ3) is 3.77. The Balaban J connectivity index is 1.87. The van der Waals surface area contributed by atoms with Gasteiger partial charge in [-0.15, -0.1) is 0 Å². The predicted molar refractivity (Wildman–Crippen MR) is 72.6 cm³/mol. The molecule has 1 aromatic carbocycles. The zero-order valence-corrected chi connectivity index (χ0v) is 11.5. The molecule has 0 radical (unpaired) electrons. The number of aliphatic hydroxyl groups excluding tert-OH is 1. The highest BCUT2D eigenvalue weighted by molar-refractivity contribution is 5.82. The zero-order valence-electron chi connectivity index (χ0n) is 11.5. The Labute approximate surface area is 117 Å². The van der Waals surface area contributed by atoms with E-state index in [0.29, 0.717) is 5.56 Å². The maximum Gasteiger partial charge on any atom is 0.253 e. The summed E-state index contributed by atoms with van der Waals surface area (Å²) in [6.07, 6.45) is 2.53. The molecule has 1 amide bonds. The first kappa shape index (κ1) is 14.9. The Bertz CT molecular complexity index is 441. The molecule has 0 aliphatic heterocycles. The molecule has 1 aliphatic carbocycles. The molecule has 110 valence electrons. The number of ether oxygens (including phenoxy) is 1. The molecule has 0 aromatic heterocycles. The highest BCUT2D eigenvalue weighted by Gasteiger charge is 2.25. The maximum atomic E-state index is 12.8. The molecule has 0 spiro atoms. The number of rotatable bonds is 4. The SMILES string of the molecule is COC1CCC(NC(=O)C(O)c2ccc(F)cc2)CC1. The van der Waals surface area contributed by atoms with Crippen molar-refractivity contribution in [3.8, 4) is 0 Å². The highest BCUT2D eigenvalue weighted by atomic mass is 19.1. The van der Waals surface area contributed by atoms with E-state index in [-0.39, 0.29) is 18.0 Å². The van der Waals surface area contributed by atoms with Gasteiger partial charge in [0.1, 0.15) is 5.82 Å². The van der Waals surface area contributed by atoms with E-state index < -0.39 is 12.0 Å². The minimum Gasteiger partial charge on any atom is -0.381 e. The average molecular weight is 281 g/mol. The molecule has 2 N–H and O–H groups in total. The summed E-state index contributed by atoms with van der Waals surface area (Å²) in [5.74, 6) is -0.822. The second-order valence-electron chi connectivity index (χ2n) is 5.17. The van der Waals surface area contributed by atoms with E-state index in [9.17, 15) is 14.3 Å². The number of hydrogen-bond acceptors (Lipinski definition) is 3. The van der Waals surface area contributed by atoms with Gasteiger partial charge in [-0.2, -0.15) is 0 Å². The predicted octanol–water partition coefficient (Wildman–Crippen LogP) is 1.93. The Hall–Kier alpha value is -1.46. The van der Waals surface area contributed by atoms with Gasteiger partial charge in [-0.1, -0.05) is 12.1 Å². The molecule has 1 aromatic rings. The number of nitrogens with one attached hydrogen (secondary N) is 1. The second kappa shape index (κ2) is 6.81. The Morgan fingerprint density at radius 2 is 1.90 bits per heavy atom. The van der Waals surface area contributed by atoms with E-state index in [2.05, 4.69) is 5.32 Å². The van der Waals surface area contributed by atoms with Crippen LogP contribution in [0.4, 0.5) is 4.39 Å². The third-order valence-electron chi connectivity index (χ3n) is 3.79. The fraction of sp³-hybridized carbons (Fsp3) is 0.533. The first-order valence-electron chi connectivity index (χ1n) is 6.87. The molecule has 1 saturated carbocycles. The van der Waals surface area contributed by atoms with Gasteiger partial charge in [0.05, 0.1) is 6.10 Å². The van der Waals surface area contributed by atoms with Crippen LogP contribution in [-0.2, 0) is 9.53 Å². The van der Waals surface area contributed by atoms with E-state index >= 15 is 0 Å². The van der Waals surface area contributed by atoms with E-state index in [1.807, 2.05) is 0 Å². The number of methoxy groups -OCH3 is 1. The van der Waals surface area contributed by atoms with Crippen LogP contribution in [0.5, 0.6) is 0 Å². The lowest BCUT2D eigenvalue weighted by molar-refractivity contribution is -0.130. The van der Waals surface area contributed by atoms with Crippen molar-refractivity contribution in [1.82, 2.24) is 5.32 Å². The van der Waals surface area contributed by atoms with Crippen LogP contribution in [0.25, 0.3) is 0 Å². The largest absolute Gasteiger partial charge is 0.381 e. The normalized spacial score (nSPS) is 24.1. The van der Waals surface area contributed by atoms with Crippen molar-refractivity contribution in [1.29, 1.82) is 0 Å². The number of carbonyl (C=O) groups excluding carboxylic acids is 1. The molecular weight excluding hydrogens is 261 g/mol. The Morgan fingerprint density at radius 3 is 2.45 bits per heavy atom. The maximum absolute atomic E-state index is 12.8. The molecule has 20 heavy (non-hydrogen) atoms. The minimum atomic E-state index is -1.25. The smallest absolute Gasteiger partial charge is 0.253 e. The Morgan fingerprint density at radius 1 is 1.30 bits per heavy atom. The van der Waals surface area contributed by atoms with Crippen molar-refractivity contribution >= 4 is 5.91 Å². The third-order valence-corrected chi connectivity index (χ3v) is 3.79. The van der Waals surface area contributed by atoms with Crippen molar-refractivity contribution in [2.75, 3.05) is 7.11 Å². The number of carbonyl (C=O) groups is 1. The summed E-state index contributed by atoms with van der Waals surface area (Å²) in [5, 5.41) is 12.8. The number of halogens is 1. The van der Waals surface area contributed by atoms with E-state index in [0.717, 1.165) is 25.7 Å². The van der Waals surface area contributed by atoms with Gasteiger partial charge in [0, 0.05) is 13.2 Å². The summed E-state index contributed by atoms with van der Waals surface area (Å²) in [6.45, 7) is 0. The summed E-state index contributed by atoms with van der Waals surface area (Å²) in [4.78, 5) is 12.0. The number of benzene rings is 1. The van der Waals surface area contributed by atoms with Crippen molar-refractivity contribution in [3.05, 3.63) is 35.6 Å². The van der Waals surface area contributed by atoms with Crippen LogP contribution in [0.3, 0.4) is 0 Å². The van der Waals surface area contributed by atoms with Gasteiger partial charge in [-0.05, 0) is 43.4 Å². The average Bonchev–Trinajstić information content (AvgIpc) is 2.48. The first-order chi connectivity index (χ1) is 9.60. The lowest BCUT2D eigenvalue weighted by Gasteiger charge is -2.28. The van der Waals surface area contributed by atoms with Crippen molar-refractivity contribution in [2.24, 2.45) is 0 Å². The van der Waals surface area contributed by atoms with Crippen LogP contribution in [0.2, 0.25) is 0 Å². The van der Waals surface area contributed by atoms with Crippen LogP contribution in [-0.4, -0.2) is 30.3 Å². The van der Waals surface area contributed by atoms with Crippen molar-refractivity contribution < 1.29 is 19.0 Å². The molecule has 1 unspecified atom stereocenters.